The molecule has 0 unspecified atom stereocenters. The van der Waals surface area contributed by atoms with Gasteiger partial charge in [0.1, 0.15) is 5.67 Å². The fraction of sp³-hybridized carbons (Fsp3) is 0.455. The second-order valence-corrected chi connectivity index (χ2v) is 8.32. The summed E-state index contributed by atoms with van der Waals surface area (Å²) in [4.78, 5) is 2.66. The zero-order chi connectivity index (χ0) is 16.3. The first kappa shape index (κ1) is 14.7. The topological polar surface area (TPSA) is 3.24 Å². The first-order valence-electron chi connectivity index (χ1n) is 9.15. The first-order chi connectivity index (χ1) is 11.6. The molecule has 2 aromatic carbocycles. The van der Waals surface area contributed by atoms with E-state index in [-0.39, 0.29) is 11.0 Å². The van der Waals surface area contributed by atoms with Gasteiger partial charge in [0.25, 0.3) is 0 Å². The number of alkyl halides is 1. The smallest absolute Gasteiger partial charge is 0.112 e. The van der Waals surface area contributed by atoms with Crippen LogP contribution in [0.15, 0.2) is 60.7 Å². The average Bonchev–Trinajstić information content (AvgIpc) is 3.34. The minimum absolute atomic E-state index is 0.243. The summed E-state index contributed by atoms with van der Waals surface area (Å²) in [5, 5.41) is 0. The third kappa shape index (κ3) is 2.09. The molecule has 1 nitrogen and oxygen atoms in total. The van der Waals surface area contributed by atoms with E-state index in [0.717, 1.165) is 32.4 Å². The molecular formula is C22H24FN. The van der Waals surface area contributed by atoms with Gasteiger partial charge in [0.2, 0.25) is 0 Å². The Labute approximate surface area is 143 Å². The van der Waals surface area contributed by atoms with E-state index in [1.54, 1.807) is 0 Å². The highest BCUT2D eigenvalue weighted by Gasteiger charge is 2.80. The molecule has 4 aliphatic carbocycles. The summed E-state index contributed by atoms with van der Waals surface area (Å²) >= 11 is 0. The summed E-state index contributed by atoms with van der Waals surface area (Å²) in [5.74, 6) is 0. The molecule has 2 heteroatoms. The fourth-order valence-electron chi connectivity index (χ4n) is 5.42. The summed E-state index contributed by atoms with van der Waals surface area (Å²) < 4.78 is 14.2. The lowest BCUT2D eigenvalue weighted by atomic mass is 9.38. The number of hydrogen-bond acceptors (Lipinski definition) is 1. The molecule has 6 rings (SSSR count). The van der Waals surface area contributed by atoms with Crippen molar-refractivity contribution in [3.05, 3.63) is 71.8 Å². The van der Waals surface area contributed by atoms with Gasteiger partial charge in [-0.05, 0) is 48.6 Å². The third-order valence-corrected chi connectivity index (χ3v) is 6.71. The minimum Gasteiger partial charge on any atom is -0.289 e. The van der Waals surface area contributed by atoms with Crippen LogP contribution in [0.3, 0.4) is 0 Å². The van der Waals surface area contributed by atoms with Crippen LogP contribution in [0, 0.1) is 5.41 Å². The van der Waals surface area contributed by atoms with Crippen LogP contribution in [0.1, 0.15) is 43.2 Å². The van der Waals surface area contributed by atoms with Crippen molar-refractivity contribution in [3.63, 3.8) is 0 Å². The van der Waals surface area contributed by atoms with Crippen molar-refractivity contribution >= 4 is 0 Å². The van der Waals surface area contributed by atoms with Crippen LogP contribution in [0.25, 0.3) is 0 Å². The molecule has 0 spiro atoms. The predicted molar refractivity (Wildman–Crippen MR) is 94.2 cm³/mol. The summed E-state index contributed by atoms with van der Waals surface area (Å²) in [6.45, 7) is 1.94. The predicted octanol–water partition coefficient (Wildman–Crippen LogP) is 5.11. The Morgan fingerprint density at radius 3 is 1.58 bits per heavy atom. The first-order valence-corrected chi connectivity index (χ1v) is 9.15. The van der Waals surface area contributed by atoms with Crippen molar-refractivity contribution in [3.8, 4) is 0 Å². The highest BCUT2D eigenvalue weighted by molar-refractivity contribution is 5.33. The largest absolute Gasteiger partial charge is 0.289 e. The Morgan fingerprint density at radius 1 is 0.750 bits per heavy atom. The van der Waals surface area contributed by atoms with Gasteiger partial charge in [-0.25, -0.2) is 4.39 Å². The Morgan fingerprint density at radius 2 is 1.21 bits per heavy atom. The van der Waals surface area contributed by atoms with Crippen LogP contribution in [0.5, 0.6) is 0 Å². The van der Waals surface area contributed by atoms with E-state index in [1.165, 1.54) is 24.0 Å². The van der Waals surface area contributed by atoms with Gasteiger partial charge in [-0.1, -0.05) is 60.7 Å². The Bertz CT molecular complexity index is 674. The second kappa shape index (κ2) is 4.92. The monoisotopic (exact) mass is 321 g/mol. The quantitative estimate of drug-likeness (QED) is 0.714. The van der Waals surface area contributed by atoms with Crippen LogP contribution in [-0.4, -0.2) is 16.1 Å². The van der Waals surface area contributed by atoms with Crippen LogP contribution in [0.2, 0.25) is 0 Å². The SMILES string of the molecule is FC12CC(C3(N(Cc4ccccc4)Cc4ccccc4)CC3)(C1)C2. The third-order valence-electron chi connectivity index (χ3n) is 6.71. The Hall–Kier alpha value is -1.67. The van der Waals surface area contributed by atoms with Crippen LogP contribution < -0.4 is 0 Å². The van der Waals surface area contributed by atoms with E-state index in [2.05, 4.69) is 65.6 Å². The molecule has 0 heterocycles. The van der Waals surface area contributed by atoms with Crippen molar-refractivity contribution in [2.24, 2.45) is 5.41 Å². The summed E-state index contributed by atoms with van der Waals surface area (Å²) in [7, 11) is 0. The van der Waals surface area contributed by atoms with Gasteiger partial charge in [0.05, 0.1) is 0 Å². The summed E-state index contributed by atoms with van der Waals surface area (Å²) in [6, 6.07) is 21.5. The maximum atomic E-state index is 14.2. The molecule has 2 aromatic rings. The van der Waals surface area contributed by atoms with Gasteiger partial charge in [-0.3, -0.25) is 4.90 Å². The number of nitrogens with zero attached hydrogens (tertiary/aromatic N) is 1. The van der Waals surface area contributed by atoms with E-state index in [4.69, 9.17) is 0 Å². The summed E-state index contributed by atoms with van der Waals surface area (Å²) in [5.41, 5.74) is 2.43. The molecule has 24 heavy (non-hydrogen) atoms. The van der Waals surface area contributed by atoms with Crippen molar-refractivity contribution < 1.29 is 4.39 Å². The van der Waals surface area contributed by atoms with Gasteiger partial charge < -0.3 is 0 Å². The van der Waals surface area contributed by atoms with Crippen LogP contribution in [-0.2, 0) is 13.1 Å². The highest BCUT2D eigenvalue weighted by atomic mass is 19.1. The number of benzene rings is 2. The van der Waals surface area contributed by atoms with Gasteiger partial charge in [-0.2, -0.15) is 0 Å². The van der Waals surface area contributed by atoms with Gasteiger partial charge >= 0.3 is 0 Å². The molecule has 4 saturated carbocycles. The minimum atomic E-state index is -0.805. The van der Waals surface area contributed by atoms with E-state index in [1.807, 2.05) is 0 Å². The standard InChI is InChI=1S/C22H24FN/c23-21-15-20(16-21,17-21)22(11-12-22)24(13-18-7-3-1-4-8-18)14-19-9-5-2-6-10-19/h1-10H,11-17H2. The molecule has 0 atom stereocenters. The van der Waals surface area contributed by atoms with Gasteiger partial charge in [0, 0.05) is 18.6 Å². The molecule has 124 valence electrons. The molecule has 0 aliphatic heterocycles. The van der Waals surface area contributed by atoms with Gasteiger partial charge in [0.15, 0.2) is 0 Å². The van der Waals surface area contributed by atoms with E-state index >= 15 is 0 Å². The molecule has 2 bridgehead atoms. The lowest BCUT2D eigenvalue weighted by Gasteiger charge is -2.71. The number of halogens is 1. The van der Waals surface area contributed by atoms with Crippen molar-refractivity contribution in [1.29, 1.82) is 0 Å². The molecule has 4 fully saturated rings. The van der Waals surface area contributed by atoms with E-state index in [9.17, 15) is 4.39 Å². The molecule has 0 N–H and O–H groups in total. The van der Waals surface area contributed by atoms with E-state index < -0.39 is 5.67 Å². The maximum absolute atomic E-state index is 14.2. The zero-order valence-corrected chi connectivity index (χ0v) is 14.0. The van der Waals surface area contributed by atoms with Crippen molar-refractivity contribution in [1.82, 2.24) is 4.90 Å². The Balaban J connectivity index is 1.43. The highest BCUT2D eigenvalue weighted by Crippen LogP contribution is 2.79. The fourth-order valence-corrected chi connectivity index (χ4v) is 5.42. The lowest BCUT2D eigenvalue weighted by molar-refractivity contribution is -0.256. The van der Waals surface area contributed by atoms with Crippen LogP contribution in [0.4, 0.5) is 4.39 Å². The van der Waals surface area contributed by atoms with Crippen LogP contribution >= 0.6 is 0 Å². The molecular weight excluding hydrogens is 297 g/mol. The summed E-state index contributed by atoms with van der Waals surface area (Å²) in [6.07, 6.45) is 4.89. The lowest BCUT2D eigenvalue weighted by Crippen LogP contribution is -2.73. The molecule has 4 aliphatic rings. The maximum Gasteiger partial charge on any atom is 0.112 e. The molecule has 0 aromatic heterocycles. The molecule has 0 amide bonds. The number of hydrogen-bond donors (Lipinski definition) is 0. The molecule has 0 radical (unpaired) electrons. The van der Waals surface area contributed by atoms with E-state index in [0.29, 0.717) is 0 Å². The Kier molecular flexibility index (Phi) is 3.00. The van der Waals surface area contributed by atoms with Gasteiger partial charge in [-0.15, -0.1) is 0 Å². The zero-order valence-electron chi connectivity index (χ0n) is 14.0. The second-order valence-electron chi connectivity index (χ2n) is 8.32. The van der Waals surface area contributed by atoms with Crippen molar-refractivity contribution in [2.75, 3.05) is 0 Å². The average molecular weight is 321 g/mol. The van der Waals surface area contributed by atoms with Crippen molar-refractivity contribution in [2.45, 2.75) is 56.4 Å². The molecule has 0 saturated heterocycles. The normalized spacial score (nSPS) is 32.1. The number of rotatable bonds is 6.